The van der Waals surface area contributed by atoms with E-state index in [1.165, 1.54) is 0 Å². The second-order valence-electron chi connectivity index (χ2n) is 3.81. The third-order valence-electron chi connectivity index (χ3n) is 2.63. The fraction of sp³-hybridized carbons (Fsp3) is 0.364. The average molecular weight is 309 g/mol. The summed E-state index contributed by atoms with van der Waals surface area (Å²) in [7, 11) is 0. The highest BCUT2D eigenvalue weighted by Crippen LogP contribution is 2.41. The van der Waals surface area contributed by atoms with Gasteiger partial charge in [-0.1, -0.05) is 28.1 Å². The minimum Gasteiger partial charge on any atom is -0.452 e. The molecule has 92 valence electrons. The Bertz CT molecular complexity index is 427. The number of hydrogen-bond donors (Lipinski definition) is 0. The van der Waals surface area contributed by atoms with Gasteiger partial charge in [0.15, 0.2) is 0 Å². The number of esters is 1. The number of carbonyl (C=O) groups is 1. The first kappa shape index (κ1) is 12.4. The van der Waals surface area contributed by atoms with Gasteiger partial charge in [0, 0.05) is 10.4 Å². The molecule has 2 unspecified atom stereocenters. The fourth-order valence-corrected chi connectivity index (χ4v) is 2.12. The van der Waals surface area contributed by atoms with Gasteiger partial charge in [0.1, 0.15) is 0 Å². The predicted octanol–water partition coefficient (Wildman–Crippen LogP) is 3.41. The first-order chi connectivity index (χ1) is 7.88. The van der Waals surface area contributed by atoms with E-state index in [-0.39, 0.29) is 6.42 Å². The molecule has 2 nitrogen and oxygen atoms in total. The zero-order chi connectivity index (χ0) is 12.6. The maximum atomic E-state index is 12.7. The van der Waals surface area contributed by atoms with Gasteiger partial charge in [0.25, 0.3) is 0 Å². The molecule has 1 fully saturated rings. The number of ether oxygens (including phenoxy) is 1. The molecule has 0 N–H and O–H groups in total. The molecule has 0 aliphatic carbocycles. The van der Waals surface area contributed by atoms with Crippen LogP contribution in [0.15, 0.2) is 28.7 Å². The Labute approximate surface area is 104 Å². The number of cyclic esters (lactones) is 1. The summed E-state index contributed by atoms with van der Waals surface area (Å²) in [6, 6.07) is 6.42. The zero-order valence-corrected chi connectivity index (χ0v) is 10.1. The van der Waals surface area contributed by atoms with Gasteiger partial charge in [-0.25, -0.2) is 0 Å². The van der Waals surface area contributed by atoms with E-state index in [2.05, 4.69) is 20.7 Å². The van der Waals surface area contributed by atoms with Crippen LogP contribution in [0.25, 0.3) is 0 Å². The standard InChI is InChI=1S/C11H8BrF3O2/c12-7-3-1-6(2-4-7)8-5-9(16)17-10(8)11(13,14)15/h1-4,8,10H,5H2. The number of rotatable bonds is 1. The smallest absolute Gasteiger partial charge is 0.426 e. The lowest BCUT2D eigenvalue weighted by atomic mass is 9.92. The van der Waals surface area contributed by atoms with Gasteiger partial charge in [-0.2, -0.15) is 13.2 Å². The summed E-state index contributed by atoms with van der Waals surface area (Å²) in [6.45, 7) is 0. The van der Waals surface area contributed by atoms with Gasteiger partial charge in [0.2, 0.25) is 6.10 Å². The summed E-state index contributed by atoms with van der Waals surface area (Å²) >= 11 is 3.20. The maximum Gasteiger partial charge on any atom is 0.426 e. The molecule has 1 saturated heterocycles. The number of halogens is 4. The van der Waals surface area contributed by atoms with Crippen LogP contribution in [0.5, 0.6) is 0 Å². The molecule has 0 radical (unpaired) electrons. The van der Waals surface area contributed by atoms with Gasteiger partial charge in [-0.15, -0.1) is 0 Å². The fourth-order valence-electron chi connectivity index (χ4n) is 1.86. The number of hydrogen-bond acceptors (Lipinski definition) is 2. The number of alkyl halides is 3. The molecule has 1 aromatic rings. The third-order valence-corrected chi connectivity index (χ3v) is 3.16. The molecule has 0 bridgehead atoms. The summed E-state index contributed by atoms with van der Waals surface area (Å²) in [4.78, 5) is 11.0. The van der Waals surface area contributed by atoms with Gasteiger partial charge >= 0.3 is 12.1 Å². The lowest BCUT2D eigenvalue weighted by Gasteiger charge is -2.20. The highest BCUT2D eigenvalue weighted by Gasteiger charge is 2.52. The van der Waals surface area contributed by atoms with E-state index < -0.39 is 24.2 Å². The Kier molecular flexibility index (Phi) is 3.16. The van der Waals surface area contributed by atoms with Gasteiger partial charge in [-0.05, 0) is 17.7 Å². The van der Waals surface area contributed by atoms with Crippen LogP contribution in [0.2, 0.25) is 0 Å². The number of benzene rings is 1. The van der Waals surface area contributed by atoms with Gasteiger partial charge in [-0.3, -0.25) is 4.79 Å². The normalized spacial score (nSPS) is 24.8. The Hall–Kier alpha value is -1.04. The predicted molar refractivity (Wildman–Crippen MR) is 57.4 cm³/mol. The molecule has 2 rings (SSSR count). The van der Waals surface area contributed by atoms with E-state index in [1.54, 1.807) is 24.3 Å². The highest BCUT2D eigenvalue weighted by atomic mass is 79.9. The van der Waals surface area contributed by atoms with Crippen LogP contribution in [0.3, 0.4) is 0 Å². The summed E-state index contributed by atoms with van der Waals surface area (Å²) in [5.41, 5.74) is 0.460. The zero-order valence-electron chi connectivity index (χ0n) is 8.50. The van der Waals surface area contributed by atoms with Crippen LogP contribution in [-0.2, 0) is 9.53 Å². The van der Waals surface area contributed by atoms with Crippen LogP contribution in [0, 0.1) is 0 Å². The van der Waals surface area contributed by atoms with Crippen molar-refractivity contribution >= 4 is 21.9 Å². The molecular weight excluding hydrogens is 301 g/mol. The molecule has 0 aromatic heterocycles. The molecule has 1 aliphatic rings. The topological polar surface area (TPSA) is 26.3 Å². The van der Waals surface area contributed by atoms with E-state index in [1.807, 2.05) is 0 Å². The molecule has 1 heterocycles. The van der Waals surface area contributed by atoms with Crippen molar-refractivity contribution in [2.75, 3.05) is 0 Å². The van der Waals surface area contributed by atoms with Crippen molar-refractivity contribution in [3.05, 3.63) is 34.3 Å². The van der Waals surface area contributed by atoms with E-state index in [4.69, 9.17) is 0 Å². The van der Waals surface area contributed by atoms with Gasteiger partial charge < -0.3 is 4.74 Å². The van der Waals surface area contributed by atoms with E-state index in [0.717, 1.165) is 4.47 Å². The summed E-state index contributed by atoms with van der Waals surface area (Å²) < 4.78 is 43.1. The molecule has 6 heteroatoms. The van der Waals surface area contributed by atoms with Gasteiger partial charge in [0.05, 0.1) is 6.42 Å². The van der Waals surface area contributed by atoms with Crippen LogP contribution >= 0.6 is 15.9 Å². The van der Waals surface area contributed by atoms with Crippen molar-refractivity contribution < 1.29 is 22.7 Å². The lowest BCUT2D eigenvalue weighted by Crippen LogP contribution is -2.32. The van der Waals surface area contributed by atoms with Crippen LogP contribution in [0.1, 0.15) is 17.9 Å². The van der Waals surface area contributed by atoms with Crippen LogP contribution in [-0.4, -0.2) is 18.2 Å². The van der Waals surface area contributed by atoms with Crippen LogP contribution in [0.4, 0.5) is 13.2 Å². The molecule has 1 aliphatic heterocycles. The monoisotopic (exact) mass is 308 g/mol. The molecule has 1 aromatic carbocycles. The lowest BCUT2D eigenvalue weighted by molar-refractivity contribution is -0.212. The molecule has 2 atom stereocenters. The first-order valence-electron chi connectivity index (χ1n) is 4.89. The van der Waals surface area contributed by atoms with E-state index >= 15 is 0 Å². The molecule has 17 heavy (non-hydrogen) atoms. The Morgan fingerprint density at radius 3 is 2.35 bits per heavy atom. The second kappa shape index (κ2) is 4.33. The summed E-state index contributed by atoms with van der Waals surface area (Å²) in [5, 5.41) is 0. The van der Waals surface area contributed by atoms with Crippen molar-refractivity contribution in [2.45, 2.75) is 24.6 Å². The van der Waals surface area contributed by atoms with Crippen molar-refractivity contribution in [1.29, 1.82) is 0 Å². The Morgan fingerprint density at radius 2 is 1.82 bits per heavy atom. The number of carbonyl (C=O) groups excluding carboxylic acids is 1. The first-order valence-corrected chi connectivity index (χ1v) is 5.69. The highest BCUT2D eigenvalue weighted by molar-refractivity contribution is 9.10. The maximum absolute atomic E-state index is 12.7. The molecule has 0 spiro atoms. The minimum absolute atomic E-state index is 0.230. The van der Waals surface area contributed by atoms with Crippen molar-refractivity contribution in [3.63, 3.8) is 0 Å². The molecule has 0 amide bonds. The molecule has 0 saturated carbocycles. The van der Waals surface area contributed by atoms with Crippen molar-refractivity contribution in [3.8, 4) is 0 Å². The largest absolute Gasteiger partial charge is 0.452 e. The quantitative estimate of drug-likeness (QED) is 0.743. The van der Waals surface area contributed by atoms with Crippen molar-refractivity contribution in [2.24, 2.45) is 0 Å². The molecular formula is C11H8BrF3O2. The van der Waals surface area contributed by atoms with E-state index in [0.29, 0.717) is 5.56 Å². The second-order valence-corrected chi connectivity index (χ2v) is 4.73. The summed E-state index contributed by atoms with van der Waals surface area (Å²) in [5.74, 6) is -1.75. The minimum atomic E-state index is -4.52. The van der Waals surface area contributed by atoms with Crippen molar-refractivity contribution in [1.82, 2.24) is 0 Å². The summed E-state index contributed by atoms with van der Waals surface area (Å²) in [6.07, 6.45) is -6.79. The van der Waals surface area contributed by atoms with Crippen LogP contribution < -0.4 is 0 Å². The van der Waals surface area contributed by atoms with E-state index in [9.17, 15) is 18.0 Å². The average Bonchev–Trinajstić information content (AvgIpc) is 2.61. The Balaban J connectivity index is 2.30. The SMILES string of the molecule is O=C1CC(c2ccc(Br)cc2)C(C(F)(F)F)O1. The third kappa shape index (κ3) is 2.62. The Morgan fingerprint density at radius 1 is 1.24 bits per heavy atom.